The smallest absolute Gasteiger partial charge is 0.246 e. The highest BCUT2D eigenvalue weighted by Crippen LogP contribution is 2.10. The zero-order chi connectivity index (χ0) is 14.5. The summed E-state index contributed by atoms with van der Waals surface area (Å²) in [5.74, 6) is -0.0171. The first-order valence-electron chi connectivity index (χ1n) is 6.85. The summed E-state index contributed by atoms with van der Waals surface area (Å²) in [7, 11) is 3.44. The van der Waals surface area contributed by atoms with Crippen LogP contribution < -0.4 is 5.32 Å². The maximum absolute atomic E-state index is 12.4. The number of piperazine rings is 1. The number of nitrogens with one attached hydrogen (secondary N) is 1. The molecule has 0 saturated carbocycles. The molecular formula is C15H21N3O2. The number of rotatable bonds is 3. The number of benzene rings is 1. The van der Waals surface area contributed by atoms with Crippen molar-refractivity contribution in [1.29, 1.82) is 0 Å². The molecule has 5 nitrogen and oxygen atoms in total. The molecule has 1 fully saturated rings. The lowest BCUT2D eigenvalue weighted by Crippen LogP contribution is -2.59. The normalized spacial score (nSPS) is 18.7. The Balaban J connectivity index is 2.07. The molecule has 0 bridgehead atoms. The zero-order valence-corrected chi connectivity index (χ0v) is 12.0. The standard InChI is InChI=1S/C15H21N3O2/c1-17(2)15(20)13-11-16-8-9-18(13)14(19)10-12-6-4-3-5-7-12/h3-7,13,16H,8-11H2,1-2H3. The molecule has 0 aromatic heterocycles. The average molecular weight is 275 g/mol. The fourth-order valence-corrected chi connectivity index (χ4v) is 2.39. The number of hydrogen-bond donors (Lipinski definition) is 1. The summed E-state index contributed by atoms with van der Waals surface area (Å²) in [6.45, 7) is 1.84. The number of carbonyl (C=O) groups is 2. The van der Waals surface area contributed by atoms with Gasteiger partial charge in [-0.25, -0.2) is 0 Å². The highest BCUT2D eigenvalue weighted by molar-refractivity contribution is 5.88. The van der Waals surface area contributed by atoms with Crippen molar-refractivity contribution in [2.24, 2.45) is 0 Å². The number of likely N-dealkylation sites (N-methyl/N-ethyl adjacent to an activating group) is 1. The van der Waals surface area contributed by atoms with E-state index in [1.54, 1.807) is 23.9 Å². The van der Waals surface area contributed by atoms with Crippen molar-refractivity contribution >= 4 is 11.8 Å². The van der Waals surface area contributed by atoms with Gasteiger partial charge in [-0.1, -0.05) is 30.3 Å². The van der Waals surface area contributed by atoms with E-state index in [0.717, 1.165) is 12.1 Å². The van der Waals surface area contributed by atoms with Crippen LogP contribution in [0.1, 0.15) is 5.56 Å². The Morgan fingerprint density at radius 2 is 2.00 bits per heavy atom. The Labute approximate surface area is 119 Å². The Hall–Kier alpha value is -1.88. The Morgan fingerprint density at radius 3 is 2.65 bits per heavy atom. The fraction of sp³-hybridized carbons (Fsp3) is 0.467. The van der Waals surface area contributed by atoms with E-state index in [2.05, 4.69) is 5.32 Å². The monoisotopic (exact) mass is 275 g/mol. The van der Waals surface area contributed by atoms with Crippen LogP contribution in [0.15, 0.2) is 30.3 Å². The van der Waals surface area contributed by atoms with Gasteiger partial charge in [0.15, 0.2) is 0 Å². The van der Waals surface area contributed by atoms with Crippen LogP contribution in [0.25, 0.3) is 0 Å². The molecule has 1 N–H and O–H groups in total. The van der Waals surface area contributed by atoms with Crippen LogP contribution in [-0.2, 0) is 16.0 Å². The summed E-state index contributed by atoms with van der Waals surface area (Å²) in [5, 5.41) is 3.18. The molecule has 0 radical (unpaired) electrons. The molecule has 1 heterocycles. The van der Waals surface area contributed by atoms with Gasteiger partial charge in [0.25, 0.3) is 0 Å². The van der Waals surface area contributed by atoms with E-state index in [-0.39, 0.29) is 11.8 Å². The first kappa shape index (κ1) is 14.5. The second-order valence-electron chi connectivity index (χ2n) is 5.20. The van der Waals surface area contributed by atoms with Crippen LogP contribution in [0.3, 0.4) is 0 Å². The van der Waals surface area contributed by atoms with Gasteiger partial charge in [-0.3, -0.25) is 9.59 Å². The topological polar surface area (TPSA) is 52.7 Å². The predicted octanol–water partition coefficient (Wildman–Crippen LogP) is 0.118. The molecule has 5 heteroatoms. The lowest BCUT2D eigenvalue weighted by molar-refractivity contribution is -0.145. The van der Waals surface area contributed by atoms with Crippen LogP contribution in [0, 0.1) is 0 Å². The predicted molar refractivity (Wildman–Crippen MR) is 77.2 cm³/mol. The molecule has 2 rings (SSSR count). The summed E-state index contributed by atoms with van der Waals surface area (Å²) in [4.78, 5) is 27.8. The molecule has 108 valence electrons. The van der Waals surface area contributed by atoms with E-state index in [9.17, 15) is 9.59 Å². The van der Waals surface area contributed by atoms with Crippen molar-refractivity contribution in [2.45, 2.75) is 12.5 Å². The van der Waals surface area contributed by atoms with Crippen molar-refractivity contribution < 1.29 is 9.59 Å². The number of carbonyl (C=O) groups excluding carboxylic acids is 2. The van der Waals surface area contributed by atoms with Gasteiger partial charge in [0.1, 0.15) is 6.04 Å². The number of amides is 2. The lowest BCUT2D eigenvalue weighted by atomic mass is 10.1. The van der Waals surface area contributed by atoms with Gasteiger partial charge in [0.2, 0.25) is 11.8 Å². The van der Waals surface area contributed by atoms with E-state index in [1.165, 1.54) is 0 Å². The second kappa shape index (κ2) is 6.52. The van der Waals surface area contributed by atoms with E-state index in [1.807, 2.05) is 30.3 Å². The van der Waals surface area contributed by atoms with Gasteiger partial charge in [0.05, 0.1) is 6.42 Å². The number of nitrogens with zero attached hydrogens (tertiary/aromatic N) is 2. The highest BCUT2D eigenvalue weighted by atomic mass is 16.2. The van der Waals surface area contributed by atoms with Gasteiger partial charge < -0.3 is 15.1 Å². The van der Waals surface area contributed by atoms with E-state index >= 15 is 0 Å². The maximum atomic E-state index is 12.4. The molecule has 0 aliphatic carbocycles. The highest BCUT2D eigenvalue weighted by Gasteiger charge is 2.32. The van der Waals surface area contributed by atoms with Gasteiger partial charge in [0, 0.05) is 33.7 Å². The molecule has 1 unspecified atom stereocenters. The van der Waals surface area contributed by atoms with Crippen LogP contribution >= 0.6 is 0 Å². The van der Waals surface area contributed by atoms with Crippen LogP contribution in [0.4, 0.5) is 0 Å². The zero-order valence-electron chi connectivity index (χ0n) is 12.0. The summed E-state index contributed by atoms with van der Waals surface area (Å²) in [5.41, 5.74) is 0.979. The van der Waals surface area contributed by atoms with Gasteiger partial charge in [-0.15, -0.1) is 0 Å². The fourth-order valence-electron chi connectivity index (χ4n) is 2.39. The minimum absolute atomic E-state index is 0.0119. The first-order valence-corrected chi connectivity index (χ1v) is 6.85. The van der Waals surface area contributed by atoms with Gasteiger partial charge in [-0.2, -0.15) is 0 Å². The molecule has 1 atom stereocenters. The molecule has 1 aromatic rings. The van der Waals surface area contributed by atoms with Gasteiger partial charge in [-0.05, 0) is 5.56 Å². The average Bonchev–Trinajstić information content (AvgIpc) is 2.47. The van der Waals surface area contributed by atoms with Crippen molar-refractivity contribution in [3.05, 3.63) is 35.9 Å². The molecule has 1 aliphatic rings. The first-order chi connectivity index (χ1) is 9.59. The Bertz CT molecular complexity index is 473. The van der Waals surface area contributed by atoms with E-state index in [4.69, 9.17) is 0 Å². The number of hydrogen-bond acceptors (Lipinski definition) is 3. The maximum Gasteiger partial charge on any atom is 0.246 e. The van der Waals surface area contributed by atoms with Crippen LogP contribution in [0.5, 0.6) is 0 Å². The molecule has 2 amide bonds. The third-order valence-electron chi connectivity index (χ3n) is 3.49. The van der Waals surface area contributed by atoms with Crippen molar-refractivity contribution in [2.75, 3.05) is 33.7 Å². The summed E-state index contributed by atoms with van der Waals surface area (Å²) in [6, 6.07) is 9.24. The molecule has 20 heavy (non-hydrogen) atoms. The summed E-state index contributed by atoms with van der Waals surface area (Å²) >= 11 is 0. The van der Waals surface area contributed by atoms with Crippen LogP contribution in [0.2, 0.25) is 0 Å². The molecule has 0 spiro atoms. The minimum Gasteiger partial charge on any atom is -0.347 e. The Kier molecular flexibility index (Phi) is 4.74. The summed E-state index contributed by atoms with van der Waals surface area (Å²) < 4.78 is 0. The van der Waals surface area contributed by atoms with E-state index in [0.29, 0.717) is 19.5 Å². The molecule has 1 aromatic carbocycles. The van der Waals surface area contributed by atoms with Crippen molar-refractivity contribution in [3.63, 3.8) is 0 Å². The largest absolute Gasteiger partial charge is 0.347 e. The summed E-state index contributed by atoms with van der Waals surface area (Å²) in [6.07, 6.45) is 0.345. The third-order valence-corrected chi connectivity index (χ3v) is 3.49. The van der Waals surface area contributed by atoms with Crippen LogP contribution in [-0.4, -0.2) is 61.4 Å². The SMILES string of the molecule is CN(C)C(=O)C1CNCCN1C(=O)Cc1ccccc1. The van der Waals surface area contributed by atoms with Gasteiger partial charge >= 0.3 is 0 Å². The molecular weight excluding hydrogens is 254 g/mol. The molecule has 1 aliphatic heterocycles. The van der Waals surface area contributed by atoms with Crippen molar-refractivity contribution in [3.8, 4) is 0 Å². The molecule has 1 saturated heterocycles. The van der Waals surface area contributed by atoms with E-state index < -0.39 is 6.04 Å². The Morgan fingerprint density at radius 1 is 1.30 bits per heavy atom. The minimum atomic E-state index is -0.394. The van der Waals surface area contributed by atoms with Crippen molar-refractivity contribution in [1.82, 2.24) is 15.1 Å². The lowest BCUT2D eigenvalue weighted by Gasteiger charge is -2.36. The second-order valence-corrected chi connectivity index (χ2v) is 5.20. The quantitative estimate of drug-likeness (QED) is 0.852. The third kappa shape index (κ3) is 3.36.